The molecule has 0 fully saturated rings. The van der Waals surface area contributed by atoms with E-state index in [9.17, 15) is 9.59 Å². The van der Waals surface area contributed by atoms with E-state index in [1.54, 1.807) is 39.0 Å². The molecule has 9 heteroatoms. The highest BCUT2D eigenvalue weighted by atomic mass is 32.1. The van der Waals surface area contributed by atoms with E-state index in [4.69, 9.17) is 19.5 Å². The van der Waals surface area contributed by atoms with E-state index in [-0.39, 0.29) is 18.3 Å². The minimum Gasteiger partial charge on any atom is -0.494 e. The van der Waals surface area contributed by atoms with Crippen molar-refractivity contribution in [2.24, 2.45) is 4.99 Å². The van der Waals surface area contributed by atoms with Crippen LogP contribution >= 0.6 is 11.3 Å². The summed E-state index contributed by atoms with van der Waals surface area (Å²) < 4.78 is 18.6. The number of carbonyl (C=O) groups excluding carboxylic acids is 1. The maximum atomic E-state index is 13.8. The van der Waals surface area contributed by atoms with Crippen molar-refractivity contribution in [1.82, 2.24) is 4.57 Å². The van der Waals surface area contributed by atoms with Crippen LogP contribution in [0.4, 0.5) is 0 Å². The van der Waals surface area contributed by atoms with E-state index in [0.29, 0.717) is 44.3 Å². The van der Waals surface area contributed by atoms with E-state index < -0.39 is 12.0 Å². The SMILES string of the molecule is CCOc1ccc([C@@H]2C(C(=O)OC(C)C)=C(C)N=c3s/c(=C/c4ccccc4OCC#N)c(=O)n32)cc1. The fraction of sp³-hybridized carbons (Fsp3) is 0.286. The number of hydrogen-bond acceptors (Lipinski definition) is 8. The zero-order valence-corrected chi connectivity index (χ0v) is 21.9. The van der Waals surface area contributed by atoms with Crippen molar-refractivity contribution >= 4 is 23.4 Å². The first-order valence-electron chi connectivity index (χ1n) is 11.9. The Balaban J connectivity index is 1.90. The number of ether oxygens (including phenoxy) is 3. The fourth-order valence-corrected chi connectivity index (χ4v) is 5.11. The molecule has 4 rings (SSSR count). The van der Waals surface area contributed by atoms with E-state index in [2.05, 4.69) is 4.99 Å². The van der Waals surface area contributed by atoms with E-state index in [1.165, 1.54) is 15.9 Å². The molecule has 0 amide bonds. The summed E-state index contributed by atoms with van der Waals surface area (Å²) in [5, 5.41) is 8.90. The minimum atomic E-state index is -0.717. The molecule has 1 aliphatic heterocycles. The van der Waals surface area contributed by atoms with E-state index in [0.717, 1.165) is 5.56 Å². The van der Waals surface area contributed by atoms with Gasteiger partial charge in [-0.2, -0.15) is 5.26 Å². The molecule has 0 spiro atoms. The Morgan fingerprint density at radius 2 is 1.92 bits per heavy atom. The van der Waals surface area contributed by atoms with Crippen molar-refractivity contribution in [2.45, 2.75) is 39.8 Å². The summed E-state index contributed by atoms with van der Waals surface area (Å²) in [4.78, 5) is 32.1. The van der Waals surface area contributed by atoms with Crippen LogP contribution in [0.25, 0.3) is 6.08 Å². The Morgan fingerprint density at radius 1 is 1.19 bits per heavy atom. The van der Waals surface area contributed by atoms with Gasteiger partial charge in [0.2, 0.25) is 0 Å². The van der Waals surface area contributed by atoms with Gasteiger partial charge < -0.3 is 14.2 Å². The smallest absolute Gasteiger partial charge is 0.338 e. The van der Waals surface area contributed by atoms with Crippen LogP contribution in [-0.2, 0) is 9.53 Å². The molecule has 0 aliphatic carbocycles. The number of aromatic nitrogens is 1. The third-order valence-electron chi connectivity index (χ3n) is 5.59. The summed E-state index contributed by atoms with van der Waals surface area (Å²) >= 11 is 1.23. The molecular formula is C28H27N3O5S. The molecule has 3 aromatic rings. The molecule has 0 radical (unpaired) electrons. The monoisotopic (exact) mass is 517 g/mol. The quantitative estimate of drug-likeness (QED) is 0.424. The summed E-state index contributed by atoms with van der Waals surface area (Å²) in [5.74, 6) is 0.676. The molecule has 1 atom stereocenters. The average molecular weight is 518 g/mol. The number of thiazole rings is 1. The molecule has 8 nitrogen and oxygen atoms in total. The molecule has 190 valence electrons. The number of nitriles is 1. The molecule has 1 aliphatic rings. The maximum Gasteiger partial charge on any atom is 0.338 e. The number of nitrogens with zero attached hydrogens (tertiary/aromatic N) is 3. The molecule has 0 N–H and O–H groups in total. The maximum absolute atomic E-state index is 13.8. The molecule has 1 aromatic heterocycles. The molecule has 0 bridgehead atoms. The summed E-state index contributed by atoms with van der Waals surface area (Å²) in [5.41, 5.74) is 1.92. The van der Waals surface area contributed by atoms with Gasteiger partial charge in [-0.15, -0.1) is 0 Å². The third kappa shape index (κ3) is 5.49. The first-order valence-corrected chi connectivity index (χ1v) is 12.7. The van der Waals surface area contributed by atoms with Crippen molar-refractivity contribution < 1.29 is 19.0 Å². The lowest BCUT2D eigenvalue weighted by Gasteiger charge is -2.25. The first kappa shape index (κ1) is 25.9. The molecule has 0 saturated carbocycles. The molecule has 0 unspecified atom stereocenters. The van der Waals surface area contributed by atoms with Gasteiger partial charge in [0.1, 0.15) is 17.6 Å². The average Bonchev–Trinajstić information content (AvgIpc) is 3.17. The van der Waals surface area contributed by atoms with Crippen LogP contribution in [0.15, 0.2) is 69.6 Å². The highest BCUT2D eigenvalue weighted by molar-refractivity contribution is 7.07. The van der Waals surface area contributed by atoms with Crippen LogP contribution < -0.4 is 24.4 Å². The second-order valence-electron chi connectivity index (χ2n) is 8.52. The summed E-state index contributed by atoms with van der Waals surface area (Å²) in [6, 6.07) is 15.7. The largest absolute Gasteiger partial charge is 0.494 e. The molecular weight excluding hydrogens is 490 g/mol. The Bertz CT molecular complexity index is 1560. The molecule has 0 saturated heterocycles. The topological polar surface area (TPSA) is 103 Å². The Hall–Kier alpha value is -4.16. The number of benzene rings is 2. The predicted molar refractivity (Wildman–Crippen MR) is 140 cm³/mol. The summed E-state index contributed by atoms with van der Waals surface area (Å²) in [6.45, 7) is 7.63. The number of hydrogen-bond donors (Lipinski definition) is 0. The number of allylic oxidation sites excluding steroid dienone is 1. The van der Waals surface area contributed by atoms with Crippen molar-refractivity contribution in [3.05, 3.63) is 90.6 Å². The number of fused-ring (bicyclic) bond motifs is 1. The predicted octanol–water partition coefficient (Wildman–Crippen LogP) is 3.49. The number of carbonyl (C=O) groups is 1. The molecule has 2 heterocycles. The van der Waals surface area contributed by atoms with Gasteiger partial charge in [0, 0.05) is 5.56 Å². The van der Waals surface area contributed by atoms with Gasteiger partial charge in [-0.1, -0.05) is 41.7 Å². The van der Waals surface area contributed by atoms with E-state index >= 15 is 0 Å². The second-order valence-corrected chi connectivity index (χ2v) is 9.53. The highest BCUT2D eigenvalue weighted by Crippen LogP contribution is 2.32. The lowest BCUT2D eigenvalue weighted by molar-refractivity contribution is -0.143. The minimum absolute atomic E-state index is 0.107. The van der Waals surface area contributed by atoms with Crippen molar-refractivity contribution in [2.75, 3.05) is 13.2 Å². The van der Waals surface area contributed by atoms with Crippen LogP contribution in [0.1, 0.15) is 44.9 Å². The van der Waals surface area contributed by atoms with Crippen molar-refractivity contribution in [1.29, 1.82) is 5.26 Å². The van der Waals surface area contributed by atoms with Gasteiger partial charge in [-0.05, 0) is 57.5 Å². The zero-order valence-electron chi connectivity index (χ0n) is 21.1. The normalized spacial score (nSPS) is 15.1. The Labute approximate surface area is 218 Å². The van der Waals surface area contributed by atoms with Gasteiger partial charge >= 0.3 is 5.97 Å². The number of esters is 1. The second kappa shape index (κ2) is 11.3. The van der Waals surface area contributed by atoms with Gasteiger partial charge in [-0.3, -0.25) is 9.36 Å². The fourth-order valence-electron chi connectivity index (χ4n) is 4.07. The van der Waals surface area contributed by atoms with Gasteiger partial charge in [0.15, 0.2) is 11.4 Å². The zero-order chi connectivity index (χ0) is 26.5. The van der Waals surface area contributed by atoms with E-state index in [1.807, 2.05) is 49.4 Å². The van der Waals surface area contributed by atoms with Crippen LogP contribution in [0.3, 0.4) is 0 Å². The number of para-hydroxylation sites is 1. The third-order valence-corrected chi connectivity index (χ3v) is 6.57. The molecule has 2 aromatic carbocycles. The lowest BCUT2D eigenvalue weighted by Crippen LogP contribution is -2.40. The van der Waals surface area contributed by atoms with Crippen molar-refractivity contribution in [3.8, 4) is 17.6 Å². The van der Waals surface area contributed by atoms with Crippen LogP contribution in [-0.4, -0.2) is 29.9 Å². The van der Waals surface area contributed by atoms with Crippen LogP contribution in [0.2, 0.25) is 0 Å². The highest BCUT2D eigenvalue weighted by Gasteiger charge is 2.33. The van der Waals surface area contributed by atoms with Crippen LogP contribution in [0.5, 0.6) is 11.5 Å². The summed E-state index contributed by atoms with van der Waals surface area (Å²) in [7, 11) is 0. The Morgan fingerprint density at radius 3 is 2.59 bits per heavy atom. The lowest BCUT2D eigenvalue weighted by atomic mass is 9.96. The molecule has 37 heavy (non-hydrogen) atoms. The van der Waals surface area contributed by atoms with Gasteiger partial charge in [0.05, 0.1) is 34.6 Å². The van der Waals surface area contributed by atoms with Crippen LogP contribution in [0, 0.1) is 11.3 Å². The Kier molecular flexibility index (Phi) is 7.89. The summed E-state index contributed by atoms with van der Waals surface area (Å²) in [6.07, 6.45) is 1.39. The number of rotatable bonds is 8. The first-order chi connectivity index (χ1) is 17.8. The van der Waals surface area contributed by atoms with Gasteiger partial charge in [-0.25, -0.2) is 9.79 Å². The standard InChI is InChI=1S/C28H27N3O5S/c1-5-34-21-12-10-19(11-13-21)25-24(27(33)36-17(2)3)18(4)30-28-31(25)26(32)23(37-28)16-20-8-6-7-9-22(20)35-15-14-29/h6-13,16-17,25H,5,15H2,1-4H3/b23-16+/t25-/m1/s1. The van der Waals surface area contributed by atoms with Crippen molar-refractivity contribution in [3.63, 3.8) is 0 Å². The van der Waals surface area contributed by atoms with Gasteiger partial charge in [0.25, 0.3) is 5.56 Å².